The molecule has 2 heterocycles. The predicted molar refractivity (Wildman–Crippen MR) is 95.5 cm³/mol. The van der Waals surface area contributed by atoms with Crippen molar-refractivity contribution in [2.24, 2.45) is 5.92 Å². The van der Waals surface area contributed by atoms with Gasteiger partial charge in [-0.1, -0.05) is 24.6 Å². The van der Waals surface area contributed by atoms with E-state index < -0.39 is 5.82 Å². The van der Waals surface area contributed by atoms with Gasteiger partial charge in [-0.15, -0.1) is 0 Å². The number of aryl methyl sites for hydroxylation is 1. The zero-order valence-corrected chi connectivity index (χ0v) is 14.6. The molecule has 2 aromatic heterocycles. The maximum absolute atomic E-state index is 14.0. The lowest BCUT2D eigenvalue weighted by molar-refractivity contribution is 0.495. The fraction of sp³-hybridized carbons (Fsp3) is 0.316. The Hall–Kier alpha value is -2.27. The molecule has 0 bridgehead atoms. The Kier molecular flexibility index (Phi) is 4.04. The van der Waals surface area contributed by atoms with E-state index in [-0.39, 0.29) is 17.7 Å². The molecular formula is C19H17ClFN3O. The van der Waals surface area contributed by atoms with Crippen LogP contribution in [0.1, 0.15) is 30.2 Å². The van der Waals surface area contributed by atoms with Crippen LogP contribution in [0.5, 0.6) is 0 Å². The van der Waals surface area contributed by atoms with Gasteiger partial charge in [-0.25, -0.2) is 14.4 Å². The minimum absolute atomic E-state index is 0.0424. The molecule has 0 spiro atoms. The van der Waals surface area contributed by atoms with Gasteiger partial charge in [-0.3, -0.25) is 9.36 Å². The van der Waals surface area contributed by atoms with E-state index in [1.165, 1.54) is 17.0 Å². The second-order valence-corrected chi connectivity index (χ2v) is 7.10. The van der Waals surface area contributed by atoms with E-state index >= 15 is 0 Å². The van der Waals surface area contributed by atoms with Crippen molar-refractivity contribution in [2.45, 2.75) is 32.7 Å². The number of hydrogen-bond donors (Lipinski definition) is 0. The summed E-state index contributed by atoms with van der Waals surface area (Å²) in [4.78, 5) is 21.7. The summed E-state index contributed by atoms with van der Waals surface area (Å²) in [5.74, 6) is 0.153. The van der Waals surface area contributed by atoms with E-state index in [1.807, 2.05) is 6.07 Å². The van der Waals surface area contributed by atoms with Gasteiger partial charge >= 0.3 is 0 Å². The van der Waals surface area contributed by atoms with Crippen molar-refractivity contribution < 1.29 is 4.39 Å². The maximum Gasteiger partial charge on any atom is 0.263 e. The lowest BCUT2D eigenvalue weighted by atomic mass is 9.87. The topological polar surface area (TPSA) is 47.8 Å². The molecule has 0 fully saturated rings. The summed E-state index contributed by atoms with van der Waals surface area (Å²) in [6.07, 6.45) is 4.36. The normalized spacial score (nSPS) is 16.8. The molecule has 1 aliphatic rings. The van der Waals surface area contributed by atoms with Gasteiger partial charge in [0.1, 0.15) is 12.1 Å². The quantitative estimate of drug-likeness (QED) is 0.701. The Morgan fingerprint density at radius 2 is 2.24 bits per heavy atom. The molecule has 3 aromatic rings. The second kappa shape index (κ2) is 6.23. The predicted octanol–water partition coefficient (Wildman–Crippen LogP) is 3.76. The molecule has 0 aliphatic heterocycles. The van der Waals surface area contributed by atoms with Crippen LogP contribution in [0.3, 0.4) is 0 Å². The van der Waals surface area contributed by atoms with Gasteiger partial charge in [-0.05, 0) is 48.9 Å². The highest BCUT2D eigenvalue weighted by Gasteiger charge is 2.19. The number of benzene rings is 1. The number of fused-ring (bicyclic) bond motifs is 2. The number of hydrogen-bond acceptors (Lipinski definition) is 3. The van der Waals surface area contributed by atoms with E-state index in [0.717, 1.165) is 30.5 Å². The summed E-state index contributed by atoms with van der Waals surface area (Å²) in [5, 5.41) is 0.771. The Morgan fingerprint density at radius 1 is 1.40 bits per heavy atom. The van der Waals surface area contributed by atoms with Crippen LogP contribution in [0.25, 0.3) is 11.0 Å². The third-order valence-corrected chi connectivity index (χ3v) is 5.17. The molecule has 0 saturated heterocycles. The fourth-order valence-electron chi connectivity index (χ4n) is 3.39. The van der Waals surface area contributed by atoms with E-state index in [2.05, 4.69) is 16.9 Å². The molecule has 0 saturated carbocycles. The highest BCUT2D eigenvalue weighted by molar-refractivity contribution is 6.31. The van der Waals surface area contributed by atoms with Crippen molar-refractivity contribution in [3.8, 4) is 0 Å². The largest absolute Gasteiger partial charge is 0.294 e. The number of pyridine rings is 1. The van der Waals surface area contributed by atoms with Gasteiger partial charge in [0.2, 0.25) is 0 Å². The first-order chi connectivity index (χ1) is 12.0. The van der Waals surface area contributed by atoms with Crippen molar-refractivity contribution in [3.05, 3.63) is 68.6 Å². The van der Waals surface area contributed by atoms with E-state index in [4.69, 9.17) is 11.6 Å². The monoisotopic (exact) mass is 357 g/mol. The van der Waals surface area contributed by atoms with Crippen molar-refractivity contribution in [2.75, 3.05) is 0 Å². The summed E-state index contributed by atoms with van der Waals surface area (Å²) in [5.41, 5.74) is 2.67. The van der Waals surface area contributed by atoms with Crippen LogP contribution in [-0.2, 0) is 19.4 Å². The first-order valence-electron chi connectivity index (χ1n) is 8.34. The zero-order valence-electron chi connectivity index (χ0n) is 13.8. The number of aromatic nitrogens is 3. The Morgan fingerprint density at radius 3 is 3.04 bits per heavy atom. The van der Waals surface area contributed by atoms with E-state index in [1.54, 1.807) is 12.1 Å². The van der Waals surface area contributed by atoms with Crippen molar-refractivity contribution in [3.63, 3.8) is 0 Å². The zero-order chi connectivity index (χ0) is 17.6. The molecule has 0 amide bonds. The van der Waals surface area contributed by atoms with Crippen LogP contribution >= 0.6 is 11.6 Å². The summed E-state index contributed by atoms with van der Waals surface area (Å²) < 4.78 is 15.4. The lowest BCUT2D eigenvalue weighted by Gasteiger charge is -2.20. The smallest absolute Gasteiger partial charge is 0.263 e. The second-order valence-electron chi connectivity index (χ2n) is 6.69. The number of rotatable bonds is 2. The summed E-state index contributed by atoms with van der Waals surface area (Å²) in [6, 6.07) is 6.39. The van der Waals surface area contributed by atoms with Crippen molar-refractivity contribution in [1.82, 2.24) is 14.5 Å². The molecule has 128 valence electrons. The molecule has 1 aliphatic carbocycles. The molecule has 1 aromatic carbocycles. The molecule has 1 atom stereocenters. The average Bonchev–Trinajstić information content (AvgIpc) is 2.59. The van der Waals surface area contributed by atoms with E-state index in [9.17, 15) is 9.18 Å². The van der Waals surface area contributed by atoms with Gasteiger partial charge in [0.15, 0.2) is 5.65 Å². The van der Waals surface area contributed by atoms with Crippen LogP contribution in [0.15, 0.2) is 35.4 Å². The molecule has 0 radical (unpaired) electrons. The molecule has 4 rings (SSSR count). The van der Waals surface area contributed by atoms with Crippen LogP contribution in [-0.4, -0.2) is 14.5 Å². The van der Waals surface area contributed by atoms with Crippen molar-refractivity contribution in [1.29, 1.82) is 0 Å². The summed E-state index contributed by atoms with van der Waals surface area (Å²) in [7, 11) is 0. The Balaban J connectivity index is 1.81. The molecular weight excluding hydrogens is 341 g/mol. The van der Waals surface area contributed by atoms with Gasteiger partial charge in [0.05, 0.1) is 11.9 Å². The highest BCUT2D eigenvalue weighted by atomic mass is 35.5. The van der Waals surface area contributed by atoms with Gasteiger partial charge in [-0.2, -0.15) is 0 Å². The minimum Gasteiger partial charge on any atom is -0.294 e. The van der Waals surface area contributed by atoms with Gasteiger partial charge in [0, 0.05) is 16.3 Å². The molecule has 0 N–H and O–H groups in total. The SMILES string of the molecule is C[C@@H]1CCc2nc3ncn(Cc4c(F)cccc4Cl)c(=O)c3cc2C1. The highest BCUT2D eigenvalue weighted by Crippen LogP contribution is 2.25. The molecule has 4 nitrogen and oxygen atoms in total. The first-order valence-corrected chi connectivity index (χ1v) is 8.71. The van der Waals surface area contributed by atoms with Gasteiger partial charge < -0.3 is 0 Å². The van der Waals surface area contributed by atoms with Crippen LogP contribution in [0.4, 0.5) is 4.39 Å². The molecule has 6 heteroatoms. The fourth-order valence-corrected chi connectivity index (χ4v) is 3.61. The third-order valence-electron chi connectivity index (χ3n) is 4.81. The molecule has 0 unspecified atom stereocenters. The van der Waals surface area contributed by atoms with Gasteiger partial charge in [0.25, 0.3) is 5.56 Å². The van der Waals surface area contributed by atoms with Crippen LogP contribution in [0, 0.1) is 11.7 Å². The summed E-state index contributed by atoms with van der Waals surface area (Å²) in [6.45, 7) is 2.25. The first kappa shape index (κ1) is 16.2. The Labute approximate surface area is 149 Å². The van der Waals surface area contributed by atoms with Crippen LogP contribution in [0.2, 0.25) is 5.02 Å². The van der Waals surface area contributed by atoms with Crippen LogP contribution < -0.4 is 5.56 Å². The average molecular weight is 358 g/mol. The summed E-state index contributed by atoms with van der Waals surface area (Å²) >= 11 is 6.07. The number of nitrogens with zero attached hydrogens (tertiary/aromatic N) is 3. The standard InChI is InChI=1S/C19H17ClFN3O/c1-11-5-6-17-12(7-11)8-13-18(23-17)22-10-24(19(13)25)9-14-15(20)3-2-4-16(14)21/h2-4,8,10-11H,5-7,9H2,1H3/t11-/m1/s1. The lowest BCUT2D eigenvalue weighted by Crippen LogP contribution is -2.23. The molecule has 25 heavy (non-hydrogen) atoms. The minimum atomic E-state index is -0.433. The van der Waals surface area contributed by atoms with E-state index in [0.29, 0.717) is 22.0 Å². The van der Waals surface area contributed by atoms with Crippen molar-refractivity contribution >= 4 is 22.6 Å². The Bertz CT molecular complexity index is 1010. The third kappa shape index (κ3) is 2.93. The maximum atomic E-state index is 14.0. The number of halogens is 2.